The van der Waals surface area contributed by atoms with Gasteiger partial charge in [0.2, 0.25) is 5.78 Å². The molecule has 0 unspecified atom stereocenters. The Bertz CT molecular complexity index is 1180. The van der Waals surface area contributed by atoms with Gasteiger partial charge in [-0.05, 0) is 87.1 Å². The van der Waals surface area contributed by atoms with Gasteiger partial charge in [-0.25, -0.2) is 4.99 Å². The summed E-state index contributed by atoms with van der Waals surface area (Å²) in [5, 5.41) is 35.4. The molecular weight excluding hydrogens is 502 g/mol. The fourth-order valence-corrected chi connectivity index (χ4v) is 4.73. The van der Waals surface area contributed by atoms with E-state index in [2.05, 4.69) is 10.6 Å². The lowest BCUT2D eigenvalue weighted by Gasteiger charge is -2.21. The molecule has 0 heterocycles. The summed E-state index contributed by atoms with van der Waals surface area (Å²) in [6.45, 7) is 5.78. The number of hydrogen-bond acceptors (Lipinski definition) is 7. The number of Topliss-reactive ketones (excluding diaryl/α,β-unsaturated/α-hetero) is 1. The molecule has 0 bridgehead atoms. The van der Waals surface area contributed by atoms with Crippen LogP contribution in [0.25, 0.3) is 0 Å². The SMILES string of the molecule is CC1=C(O)C(Cc2ccc(NCCCCCCO)cc2)=C(C)C(=Nc2ccc(NCCCCCCO)cc2)C1=O. The van der Waals surface area contributed by atoms with Gasteiger partial charge in [0, 0.05) is 55.2 Å². The number of aliphatic hydroxyl groups is 3. The molecule has 40 heavy (non-hydrogen) atoms. The molecule has 1 aliphatic rings. The number of carbonyl (C=O) groups excluding carboxylic acids is 1. The number of nitrogens with zero attached hydrogens (tertiary/aromatic N) is 1. The van der Waals surface area contributed by atoms with Crippen LogP contribution in [0.5, 0.6) is 0 Å². The number of ketones is 1. The highest BCUT2D eigenvalue weighted by atomic mass is 16.3. The van der Waals surface area contributed by atoms with E-state index in [0.29, 0.717) is 29.0 Å². The van der Waals surface area contributed by atoms with E-state index in [0.717, 1.165) is 87.0 Å². The van der Waals surface area contributed by atoms with E-state index in [9.17, 15) is 9.90 Å². The van der Waals surface area contributed by atoms with E-state index in [1.165, 1.54) is 0 Å². The second-order valence-corrected chi connectivity index (χ2v) is 10.4. The monoisotopic (exact) mass is 547 g/mol. The zero-order valence-electron chi connectivity index (χ0n) is 24.0. The highest BCUT2D eigenvalue weighted by Crippen LogP contribution is 2.30. The Balaban J connectivity index is 1.64. The Labute approximate surface area is 238 Å². The van der Waals surface area contributed by atoms with Gasteiger partial charge in [-0.1, -0.05) is 37.8 Å². The van der Waals surface area contributed by atoms with Crippen molar-refractivity contribution >= 4 is 28.6 Å². The fraction of sp³-hybridized carbons (Fsp3) is 0.455. The summed E-state index contributed by atoms with van der Waals surface area (Å²) < 4.78 is 0. The van der Waals surface area contributed by atoms with Crippen LogP contribution < -0.4 is 10.6 Å². The summed E-state index contributed by atoms with van der Waals surface area (Å²) >= 11 is 0. The zero-order valence-corrected chi connectivity index (χ0v) is 24.0. The van der Waals surface area contributed by atoms with Gasteiger partial charge in [-0.2, -0.15) is 0 Å². The van der Waals surface area contributed by atoms with Crippen LogP contribution in [0.4, 0.5) is 17.1 Å². The molecule has 0 saturated heterocycles. The number of anilines is 2. The van der Waals surface area contributed by atoms with Crippen molar-refractivity contribution in [1.82, 2.24) is 0 Å². The second kappa shape index (κ2) is 16.6. The predicted octanol–water partition coefficient (Wildman–Crippen LogP) is 6.66. The maximum atomic E-state index is 13.1. The summed E-state index contributed by atoms with van der Waals surface area (Å²) in [7, 11) is 0. The van der Waals surface area contributed by atoms with Gasteiger partial charge < -0.3 is 26.0 Å². The number of aliphatic imine (C=N–C) groups is 1. The van der Waals surface area contributed by atoms with Crippen LogP contribution in [0.15, 0.2) is 76.0 Å². The molecule has 2 aromatic carbocycles. The van der Waals surface area contributed by atoms with Crippen molar-refractivity contribution in [1.29, 1.82) is 0 Å². The zero-order chi connectivity index (χ0) is 28.7. The van der Waals surface area contributed by atoms with Crippen molar-refractivity contribution in [3.63, 3.8) is 0 Å². The maximum Gasteiger partial charge on any atom is 0.211 e. The Kier molecular flexibility index (Phi) is 12.9. The minimum atomic E-state index is -0.248. The first-order valence-electron chi connectivity index (χ1n) is 14.6. The Morgan fingerprint density at radius 1 is 0.675 bits per heavy atom. The van der Waals surface area contributed by atoms with E-state index < -0.39 is 0 Å². The Hall–Kier alpha value is -3.42. The minimum absolute atomic E-state index is 0.0464. The molecule has 0 radical (unpaired) electrons. The summed E-state index contributed by atoms with van der Waals surface area (Å²) in [5.41, 5.74) is 5.89. The molecule has 216 valence electrons. The molecule has 3 rings (SSSR count). The van der Waals surface area contributed by atoms with Crippen LogP contribution in [0.3, 0.4) is 0 Å². The smallest absolute Gasteiger partial charge is 0.211 e. The second-order valence-electron chi connectivity index (χ2n) is 10.4. The maximum absolute atomic E-state index is 13.1. The molecule has 0 spiro atoms. The van der Waals surface area contributed by atoms with Crippen molar-refractivity contribution in [3.8, 4) is 0 Å². The van der Waals surface area contributed by atoms with Crippen molar-refractivity contribution in [2.75, 3.05) is 36.9 Å². The topological polar surface area (TPSA) is 114 Å². The number of allylic oxidation sites excluding steroid dienone is 3. The number of unbranched alkanes of at least 4 members (excludes halogenated alkanes) is 6. The standard InChI is InChI=1S/C33H45N3O4/c1-24-30(23-26-11-13-27(14-12-26)34-19-7-3-5-9-21-37)32(39)25(2)33(40)31(24)36-29-17-15-28(16-18-29)35-20-8-4-6-10-22-38/h11-18,34-35,37-39H,3-10,19-23H2,1-2H3. The van der Waals surface area contributed by atoms with Crippen LogP contribution >= 0.6 is 0 Å². The largest absolute Gasteiger partial charge is 0.507 e. The molecular formula is C33H45N3O4. The molecule has 2 aromatic rings. The third-order valence-electron chi connectivity index (χ3n) is 7.28. The summed E-state index contributed by atoms with van der Waals surface area (Å²) in [4.78, 5) is 17.8. The van der Waals surface area contributed by atoms with Crippen molar-refractivity contribution in [2.24, 2.45) is 4.99 Å². The van der Waals surface area contributed by atoms with Crippen molar-refractivity contribution in [2.45, 2.75) is 71.6 Å². The normalized spacial score (nSPS) is 14.8. The molecule has 5 N–H and O–H groups in total. The van der Waals surface area contributed by atoms with E-state index in [1.807, 2.05) is 55.5 Å². The Morgan fingerprint density at radius 2 is 1.18 bits per heavy atom. The van der Waals surface area contributed by atoms with Crippen LogP contribution in [-0.2, 0) is 11.2 Å². The number of nitrogens with one attached hydrogen (secondary N) is 2. The summed E-state index contributed by atoms with van der Waals surface area (Å²) in [5.74, 6) is -0.201. The fourth-order valence-electron chi connectivity index (χ4n) is 4.73. The molecule has 0 amide bonds. The average Bonchev–Trinajstić information content (AvgIpc) is 2.97. The summed E-state index contributed by atoms with van der Waals surface area (Å²) in [6.07, 6.45) is 8.60. The first-order valence-corrected chi connectivity index (χ1v) is 14.6. The molecule has 0 atom stereocenters. The Morgan fingerprint density at radius 3 is 1.70 bits per heavy atom. The molecule has 0 aromatic heterocycles. The number of carbonyl (C=O) groups is 1. The van der Waals surface area contributed by atoms with Crippen molar-refractivity contribution < 1.29 is 20.1 Å². The molecule has 0 saturated carbocycles. The lowest BCUT2D eigenvalue weighted by Crippen LogP contribution is -2.25. The van der Waals surface area contributed by atoms with Gasteiger partial charge in [-0.15, -0.1) is 0 Å². The molecule has 0 fully saturated rings. The van der Waals surface area contributed by atoms with Crippen LogP contribution in [0.1, 0.15) is 70.8 Å². The highest BCUT2D eigenvalue weighted by Gasteiger charge is 2.29. The quantitative estimate of drug-likeness (QED) is 0.112. The lowest BCUT2D eigenvalue weighted by atomic mass is 9.86. The van der Waals surface area contributed by atoms with Gasteiger partial charge in [-0.3, -0.25) is 4.79 Å². The van der Waals surface area contributed by atoms with Crippen LogP contribution in [0.2, 0.25) is 0 Å². The third kappa shape index (κ3) is 9.35. The minimum Gasteiger partial charge on any atom is -0.507 e. The van der Waals surface area contributed by atoms with E-state index in [4.69, 9.17) is 15.2 Å². The molecule has 1 aliphatic carbocycles. The third-order valence-corrected chi connectivity index (χ3v) is 7.28. The summed E-state index contributed by atoms with van der Waals surface area (Å²) in [6, 6.07) is 15.9. The molecule has 0 aliphatic heterocycles. The lowest BCUT2D eigenvalue weighted by molar-refractivity contribution is -0.109. The van der Waals surface area contributed by atoms with Gasteiger partial charge in [0.25, 0.3) is 0 Å². The van der Waals surface area contributed by atoms with Gasteiger partial charge >= 0.3 is 0 Å². The van der Waals surface area contributed by atoms with E-state index >= 15 is 0 Å². The number of hydrogen-bond donors (Lipinski definition) is 5. The van der Waals surface area contributed by atoms with Crippen molar-refractivity contribution in [3.05, 3.63) is 76.6 Å². The highest BCUT2D eigenvalue weighted by molar-refractivity contribution is 6.52. The van der Waals surface area contributed by atoms with E-state index in [-0.39, 0.29) is 24.8 Å². The average molecular weight is 548 g/mol. The van der Waals surface area contributed by atoms with Crippen LogP contribution in [-0.4, -0.2) is 53.1 Å². The van der Waals surface area contributed by atoms with Crippen LogP contribution in [0, 0.1) is 0 Å². The van der Waals surface area contributed by atoms with Gasteiger partial charge in [0.1, 0.15) is 11.5 Å². The molecule has 7 heteroatoms. The number of rotatable bonds is 17. The number of benzene rings is 2. The predicted molar refractivity (Wildman–Crippen MR) is 165 cm³/mol. The first kappa shape index (κ1) is 31.1. The van der Waals surface area contributed by atoms with Gasteiger partial charge in [0.05, 0.1) is 5.69 Å². The van der Waals surface area contributed by atoms with E-state index in [1.54, 1.807) is 6.92 Å². The molecule has 7 nitrogen and oxygen atoms in total. The first-order chi connectivity index (χ1) is 19.4. The number of aliphatic hydroxyl groups excluding tert-OH is 3. The van der Waals surface area contributed by atoms with Gasteiger partial charge in [0.15, 0.2) is 0 Å².